The standard InChI is InChI=1S/C50H91NO5/c1-3-5-7-9-11-13-15-17-19-20-21-23-26-30-34-38-42-48(53)47(46-52)51-49(54)43-39-35-31-27-25-29-33-37-41-45-56-50(55)44-40-36-32-28-24-22-18-16-14-12-10-8-6-4-2/h10,12,16,18,27,31,38,42,47-48,52-53H,3-9,11,13-15,17,19-26,28-30,32-37,39-41,43-46H2,1-2H3,(H,51,54)/b12-10-,18-16-,31-27-,42-38+. The molecule has 0 radical (unpaired) electrons. The van der Waals surface area contributed by atoms with Gasteiger partial charge >= 0.3 is 5.97 Å². The average Bonchev–Trinajstić information content (AvgIpc) is 3.20. The third-order valence-corrected chi connectivity index (χ3v) is 10.6. The van der Waals surface area contributed by atoms with Crippen molar-refractivity contribution in [1.29, 1.82) is 0 Å². The number of aliphatic hydroxyl groups is 2. The maximum Gasteiger partial charge on any atom is 0.305 e. The smallest absolute Gasteiger partial charge is 0.305 e. The summed E-state index contributed by atoms with van der Waals surface area (Å²) in [6.45, 7) is 4.75. The molecule has 0 aliphatic rings. The van der Waals surface area contributed by atoms with Crippen molar-refractivity contribution >= 4 is 11.9 Å². The Bertz CT molecular complexity index is 957. The van der Waals surface area contributed by atoms with Crippen LogP contribution in [-0.4, -0.2) is 47.4 Å². The zero-order valence-corrected chi connectivity index (χ0v) is 36.8. The van der Waals surface area contributed by atoms with Crippen LogP contribution < -0.4 is 5.32 Å². The summed E-state index contributed by atoms with van der Waals surface area (Å²) in [7, 11) is 0. The molecule has 2 atom stereocenters. The van der Waals surface area contributed by atoms with Crippen LogP contribution in [0.2, 0.25) is 0 Å². The number of amides is 1. The lowest BCUT2D eigenvalue weighted by atomic mass is 10.0. The number of hydrogen-bond acceptors (Lipinski definition) is 5. The molecule has 0 aromatic carbocycles. The molecule has 0 saturated heterocycles. The van der Waals surface area contributed by atoms with Crippen LogP contribution in [0.4, 0.5) is 0 Å². The van der Waals surface area contributed by atoms with Gasteiger partial charge in [-0.3, -0.25) is 9.59 Å². The average molecular weight is 786 g/mol. The SMILES string of the molecule is CCCC/C=C\C/C=C\CCCCCCCC(=O)OCCCCCC/C=C\CCCC(=O)NC(CO)C(O)/C=C/CCCCCCCCCCCCCCCC. The molecule has 0 bridgehead atoms. The van der Waals surface area contributed by atoms with Crippen LogP contribution in [0.25, 0.3) is 0 Å². The van der Waals surface area contributed by atoms with Crippen LogP contribution >= 0.6 is 0 Å². The number of rotatable bonds is 43. The Kier molecular flexibility index (Phi) is 43.7. The number of carbonyl (C=O) groups is 2. The van der Waals surface area contributed by atoms with Crippen molar-refractivity contribution < 1.29 is 24.5 Å². The molecule has 0 rings (SSSR count). The van der Waals surface area contributed by atoms with Crippen LogP contribution in [0, 0.1) is 0 Å². The zero-order valence-electron chi connectivity index (χ0n) is 36.8. The van der Waals surface area contributed by atoms with E-state index in [0.717, 1.165) is 83.5 Å². The Morgan fingerprint density at radius 3 is 1.46 bits per heavy atom. The Morgan fingerprint density at radius 1 is 0.500 bits per heavy atom. The summed E-state index contributed by atoms with van der Waals surface area (Å²) in [5, 5.41) is 23.0. The van der Waals surface area contributed by atoms with Gasteiger partial charge in [0, 0.05) is 12.8 Å². The second-order valence-corrected chi connectivity index (χ2v) is 16.1. The van der Waals surface area contributed by atoms with E-state index < -0.39 is 12.1 Å². The number of hydrogen-bond donors (Lipinski definition) is 3. The first-order chi connectivity index (χ1) is 27.5. The van der Waals surface area contributed by atoms with Gasteiger partial charge in [0.2, 0.25) is 5.91 Å². The van der Waals surface area contributed by atoms with Gasteiger partial charge in [-0.2, -0.15) is 0 Å². The fourth-order valence-electron chi connectivity index (χ4n) is 6.83. The van der Waals surface area contributed by atoms with Crippen molar-refractivity contribution in [3.8, 4) is 0 Å². The summed E-state index contributed by atoms with van der Waals surface area (Å²) < 4.78 is 5.42. The van der Waals surface area contributed by atoms with Crippen molar-refractivity contribution in [2.24, 2.45) is 0 Å². The molecule has 0 aliphatic carbocycles. The quantitative estimate of drug-likeness (QED) is 0.0325. The molecule has 56 heavy (non-hydrogen) atoms. The van der Waals surface area contributed by atoms with Crippen LogP contribution in [0.3, 0.4) is 0 Å². The van der Waals surface area contributed by atoms with Crippen molar-refractivity contribution in [3.05, 3.63) is 48.6 Å². The van der Waals surface area contributed by atoms with Gasteiger partial charge in [0.15, 0.2) is 0 Å². The van der Waals surface area contributed by atoms with Gasteiger partial charge in [-0.25, -0.2) is 0 Å². The molecule has 0 heterocycles. The van der Waals surface area contributed by atoms with E-state index in [4.69, 9.17) is 4.74 Å². The van der Waals surface area contributed by atoms with E-state index in [-0.39, 0.29) is 18.5 Å². The highest BCUT2D eigenvalue weighted by Gasteiger charge is 2.17. The monoisotopic (exact) mass is 786 g/mol. The van der Waals surface area contributed by atoms with Crippen LogP contribution in [0.5, 0.6) is 0 Å². The number of nitrogens with one attached hydrogen (secondary N) is 1. The minimum Gasteiger partial charge on any atom is -0.466 e. The molecule has 0 saturated carbocycles. The number of esters is 1. The van der Waals surface area contributed by atoms with Gasteiger partial charge in [-0.15, -0.1) is 0 Å². The second-order valence-electron chi connectivity index (χ2n) is 16.1. The highest BCUT2D eigenvalue weighted by atomic mass is 16.5. The molecule has 2 unspecified atom stereocenters. The lowest BCUT2D eigenvalue weighted by molar-refractivity contribution is -0.143. The third kappa shape index (κ3) is 41.5. The lowest BCUT2D eigenvalue weighted by Crippen LogP contribution is -2.45. The largest absolute Gasteiger partial charge is 0.466 e. The molecule has 1 amide bonds. The van der Waals surface area contributed by atoms with E-state index in [1.54, 1.807) is 6.08 Å². The summed E-state index contributed by atoms with van der Waals surface area (Å²) in [4.78, 5) is 24.4. The maximum absolute atomic E-state index is 12.4. The fraction of sp³-hybridized carbons (Fsp3) is 0.800. The topological polar surface area (TPSA) is 95.9 Å². The Labute approximate surface area is 346 Å². The lowest BCUT2D eigenvalue weighted by Gasteiger charge is -2.19. The molecule has 0 aromatic heterocycles. The molecule has 6 heteroatoms. The van der Waals surface area contributed by atoms with Crippen LogP contribution in [0.1, 0.15) is 232 Å². The first-order valence-corrected chi connectivity index (χ1v) is 23.9. The van der Waals surface area contributed by atoms with E-state index in [1.807, 2.05) is 6.08 Å². The highest BCUT2D eigenvalue weighted by Crippen LogP contribution is 2.14. The first-order valence-electron chi connectivity index (χ1n) is 23.9. The minimum absolute atomic E-state index is 0.0537. The third-order valence-electron chi connectivity index (χ3n) is 10.6. The van der Waals surface area contributed by atoms with Gasteiger partial charge in [-0.1, -0.05) is 191 Å². The van der Waals surface area contributed by atoms with Gasteiger partial charge in [0.05, 0.1) is 25.4 Å². The van der Waals surface area contributed by atoms with E-state index in [9.17, 15) is 19.8 Å². The van der Waals surface area contributed by atoms with Crippen molar-refractivity contribution in [1.82, 2.24) is 5.32 Å². The Hall–Kier alpha value is -2.18. The van der Waals surface area contributed by atoms with Crippen molar-refractivity contribution in [2.45, 2.75) is 244 Å². The van der Waals surface area contributed by atoms with Gasteiger partial charge in [0.1, 0.15) is 0 Å². The van der Waals surface area contributed by atoms with Crippen molar-refractivity contribution in [3.63, 3.8) is 0 Å². The molecule has 326 valence electrons. The molecule has 6 nitrogen and oxygen atoms in total. The molecular formula is C50H91NO5. The first kappa shape index (κ1) is 53.8. The number of unbranched alkanes of at least 4 members (excludes halogenated alkanes) is 26. The zero-order chi connectivity index (χ0) is 40.8. The van der Waals surface area contributed by atoms with Gasteiger partial charge < -0.3 is 20.3 Å². The highest BCUT2D eigenvalue weighted by molar-refractivity contribution is 5.76. The van der Waals surface area contributed by atoms with E-state index in [1.165, 1.54) is 122 Å². The number of aliphatic hydroxyl groups excluding tert-OH is 2. The summed E-state index contributed by atoms with van der Waals surface area (Å²) in [5.74, 6) is -0.185. The molecule has 0 aromatic rings. The molecule has 3 N–H and O–H groups in total. The van der Waals surface area contributed by atoms with Gasteiger partial charge in [0.25, 0.3) is 0 Å². The molecule has 0 aliphatic heterocycles. The molecule has 0 spiro atoms. The summed E-state index contributed by atoms with van der Waals surface area (Å²) >= 11 is 0. The van der Waals surface area contributed by atoms with E-state index >= 15 is 0 Å². The normalized spacial score (nSPS) is 13.1. The fourth-order valence-corrected chi connectivity index (χ4v) is 6.83. The maximum atomic E-state index is 12.4. The summed E-state index contributed by atoms with van der Waals surface area (Å²) in [5.41, 5.74) is 0. The Morgan fingerprint density at radius 2 is 0.929 bits per heavy atom. The predicted octanol–water partition coefficient (Wildman–Crippen LogP) is 13.9. The number of carbonyl (C=O) groups excluding carboxylic acids is 2. The molecular weight excluding hydrogens is 695 g/mol. The van der Waals surface area contributed by atoms with E-state index in [2.05, 4.69) is 55.6 Å². The molecule has 0 fully saturated rings. The second kappa shape index (κ2) is 45.5. The van der Waals surface area contributed by atoms with Crippen molar-refractivity contribution in [2.75, 3.05) is 13.2 Å². The van der Waals surface area contributed by atoms with Gasteiger partial charge in [-0.05, 0) is 77.0 Å². The van der Waals surface area contributed by atoms with E-state index in [0.29, 0.717) is 19.4 Å². The number of allylic oxidation sites excluding steroid dienone is 7. The predicted molar refractivity (Wildman–Crippen MR) is 241 cm³/mol. The minimum atomic E-state index is -0.877. The Balaban J connectivity index is 3.62. The summed E-state index contributed by atoms with van der Waals surface area (Å²) in [6, 6.07) is -0.667. The summed E-state index contributed by atoms with van der Waals surface area (Å²) in [6.07, 6.45) is 55.3. The van der Waals surface area contributed by atoms with Crippen LogP contribution in [0.15, 0.2) is 48.6 Å². The van der Waals surface area contributed by atoms with Crippen LogP contribution in [-0.2, 0) is 14.3 Å². The number of ether oxygens (including phenoxy) is 1.